The normalized spacial score (nSPS) is 12.7. The molecule has 0 fully saturated rings. The van der Waals surface area contributed by atoms with Gasteiger partial charge in [-0.1, -0.05) is 66.2 Å². The van der Waals surface area contributed by atoms with Gasteiger partial charge in [0.1, 0.15) is 18.1 Å². The summed E-state index contributed by atoms with van der Waals surface area (Å²) in [7, 11) is 0. The molecule has 0 spiro atoms. The van der Waals surface area contributed by atoms with Crippen LogP contribution in [0.4, 0.5) is 5.69 Å². The number of carbonyl (C=O) groups is 4. The van der Waals surface area contributed by atoms with Gasteiger partial charge in [0.05, 0.1) is 6.54 Å². The Hall–Kier alpha value is -3.26. The Morgan fingerprint density at radius 3 is 1.26 bits per heavy atom. The Morgan fingerprint density at radius 2 is 1.16 bits per heavy atom. The summed E-state index contributed by atoms with van der Waals surface area (Å²) in [5.41, 5.74) is 26.4. The summed E-state index contributed by atoms with van der Waals surface area (Å²) in [6, 6.07) is 7.39. The standard InChI is InChI=1S/2C6H13NO2.C6H7N.C5H11NO2.C2H5NO2/c1-4(2)3-5(7)6(8)9;1-3-4(2)5(7)6(8)9;7-6-4-2-1-3-5-6;1-3(2)4(6)5(7)8;3-1-2(4)5/h2*4-5H,3,7H2,1-2H3,(H,8,9);1-5H,7H2;3-4H,6H2,1-2H3,(H,7,8);1,3H2,(H,4,5)/t5-;4-,5-;;4-;/m00.0./s1. The second-order valence-corrected chi connectivity index (χ2v) is 8.94. The highest BCUT2D eigenvalue weighted by molar-refractivity contribution is 5.74. The van der Waals surface area contributed by atoms with Gasteiger partial charge in [0.15, 0.2) is 0 Å². The molecule has 0 amide bonds. The van der Waals surface area contributed by atoms with Gasteiger partial charge in [-0.05, 0) is 36.3 Å². The summed E-state index contributed by atoms with van der Waals surface area (Å²) in [5.74, 6) is -3.27. The first-order valence-electron chi connectivity index (χ1n) is 12.0. The first-order valence-corrected chi connectivity index (χ1v) is 12.0. The van der Waals surface area contributed by atoms with E-state index >= 15 is 0 Å². The van der Waals surface area contributed by atoms with Crippen LogP contribution in [0.15, 0.2) is 30.3 Å². The SMILES string of the molecule is CC(C)C[C@H](N)C(=O)O.CC(C)[C@H](N)C(=O)O.CC[C@H](C)[C@H](N)C(=O)O.NCC(=O)O.Nc1ccccc1. The van der Waals surface area contributed by atoms with Crippen molar-refractivity contribution in [3.63, 3.8) is 0 Å². The van der Waals surface area contributed by atoms with Crippen molar-refractivity contribution in [2.24, 2.45) is 40.7 Å². The van der Waals surface area contributed by atoms with Gasteiger partial charge < -0.3 is 49.1 Å². The molecule has 1 rings (SSSR count). The molecule has 0 aliphatic carbocycles. The fourth-order valence-electron chi connectivity index (χ4n) is 1.84. The summed E-state index contributed by atoms with van der Waals surface area (Å²) < 4.78 is 0. The number of anilines is 1. The van der Waals surface area contributed by atoms with Gasteiger partial charge in [0, 0.05) is 5.69 Å². The lowest BCUT2D eigenvalue weighted by atomic mass is 10.0. The van der Waals surface area contributed by atoms with E-state index in [2.05, 4.69) is 5.73 Å². The number of benzene rings is 1. The largest absolute Gasteiger partial charge is 0.480 e. The summed E-state index contributed by atoms with van der Waals surface area (Å²) in [6.45, 7) is 10.9. The van der Waals surface area contributed by atoms with Crippen molar-refractivity contribution >= 4 is 29.6 Å². The zero-order chi connectivity index (χ0) is 31.0. The molecule has 0 bridgehead atoms. The maximum absolute atomic E-state index is 10.2. The fraction of sp³-hybridized carbons (Fsp3) is 0.600. The van der Waals surface area contributed by atoms with E-state index < -0.39 is 42.0 Å². The third-order valence-corrected chi connectivity index (χ3v) is 4.56. The molecule has 0 unspecified atom stereocenters. The highest BCUT2D eigenvalue weighted by Gasteiger charge is 2.17. The van der Waals surface area contributed by atoms with Crippen molar-refractivity contribution < 1.29 is 39.6 Å². The second-order valence-electron chi connectivity index (χ2n) is 8.94. The maximum Gasteiger partial charge on any atom is 0.320 e. The number of rotatable bonds is 9. The monoisotopic (exact) mass is 547 g/mol. The van der Waals surface area contributed by atoms with E-state index in [0.717, 1.165) is 12.1 Å². The summed E-state index contributed by atoms with van der Waals surface area (Å²) in [4.78, 5) is 39.5. The molecule has 0 aromatic heterocycles. The van der Waals surface area contributed by atoms with E-state index in [-0.39, 0.29) is 18.4 Å². The lowest BCUT2D eigenvalue weighted by molar-refractivity contribution is -0.140. The molecule has 0 aliphatic heterocycles. The van der Waals surface area contributed by atoms with Crippen LogP contribution in [-0.4, -0.2) is 69.0 Å². The average Bonchev–Trinajstić information content (AvgIpc) is 2.83. The number of hydrogen-bond donors (Lipinski definition) is 9. The molecular weight excluding hydrogens is 498 g/mol. The first-order chi connectivity index (χ1) is 17.3. The first kappa shape index (κ1) is 41.9. The second kappa shape index (κ2) is 25.4. The van der Waals surface area contributed by atoms with Crippen LogP contribution in [0.1, 0.15) is 54.4 Å². The molecule has 13 heteroatoms. The van der Waals surface area contributed by atoms with E-state index in [4.69, 9.17) is 43.4 Å². The van der Waals surface area contributed by atoms with E-state index in [0.29, 0.717) is 12.3 Å². The van der Waals surface area contributed by atoms with Gasteiger partial charge in [0.25, 0.3) is 0 Å². The van der Waals surface area contributed by atoms with Crippen LogP contribution in [0.3, 0.4) is 0 Å². The Labute approximate surface area is 225 Å². The zero-order valence-electron chi connectivity index (χ0n) is 23.3. The van der Waals surface area contributed by atoms with Crippen LogP contribution in [0.25, 0.3) is 0 Å². The molecule has 1 aromatic rings. The summed E-state index contributed by atoms with van der Waals surface area (Å²) in [5, 5.41) is 32.5. The van der Waals surface area contributed by atoms with E-state index in [9.17, 15) is 19.2 Å². The number of para-hydroxylation sites is 1. The lowest BCUT2D eigenvalue weighted by Gasteiger charge is -2.11. The third kappa shape index (κ3) is 30.8. The number of aliphatic carboxylic acids is 4. The van der Waals surface area contributed by atoms with Gasteiger partial charge in [-0.15, -0.1) is 0 Å². The van der Waals surface area contributed by atoms with Crippen molar-refractivity contribution in [1.82, 2.24) is 0 Å². The van der Waals surface area contributed by atoms with Crippen molar-refractivity contribution in [1.29, 1.82) is 0 Å². The molecule has 0 saturated heterocycles. The lowest BCUT2D eigenvalue weighted by Crippen LogP contribution is -2.36. The highest BCUT2D eigenvalue weighted by atomic mass is 16.4. The van der Waals surface area contributed by atoms with E-state index in [1.807, 2.05) is 58.0 Å². The minimum atomic E-state index is -0.968. The number of nitrogen functional groups attached to an aromatic ring is 1. The van der Waals surface area contributed by atoms with E-state index in [1.54, 1.807) is 13.8 Å². The molecular formula is C25H49N5O8. The van der Waals surface area contributed by atoms with Crippen LogP contribution in [0, 0.1) is 17.8 Å². The minimum Gasteiger partial charge on any atom is -0.480 e. The van der Waals surface area contributed by atoms with Crippen LogP contribution in [0.5, 0.6) is 0 Å². The number of carboxylic acid groups (broad SMARTS) is 4. The van der Waals surface area contributed by atoms with Crippen molar-refractivity contribution in [3.8, 4) is 0 Å². The Balaban J connectivity index is -0.000000192. The summed E-state index contributed by atoms with van der Waals surface area (Å²) in [6.07, 6.45) is 1.36. The van der Waals surface area contributed by atoms with Crippen LogP contribution < -0.4 is 28.7 Å². The van der Waals surface area contributed by atoms with Crippen molar-refractivity contribution in [2.75, 3.05) is 12.3 Å². The maximum atomic E-state index is 10.2. The molecule has 13 nitrogen and oxygen atoms in total. The molecule has 0 heterocycles. The van der Waals surface area contributed by atoms with Crippen LogP contribution in [-0.2, 0) is 19.2 Å². The molecule has 4 atom stereocenters. The Morgan fingerprint density at radius 1 is 0.763 bits per heavy atom. The topological polar surface area (TPSA) is 279 Å². The predicted molar refractivity (Wildman–Crippen MR) is 148 cm³/mol. The van der Waals surface area contributed by atoms with E-state index in [1.165, 1.54) is 0 Å². The molecule has 0 aliphatic rings. The molecule has 1 aromatic carbocycles. The number of nitrogens with two attached hydrogens (primary N) is 5. The number of hydrogen-bond acceptors (Lipinski definition) is 9. The third-order valence-electron chi connectivity index (χ3n) is 4.56. The van der Waals surface area contributed by atoms with Crippen molar-refractivity contribution in [3.05, 3.63) is 30.3 Å². The zero-order valence-corrected chi connectivity index (χ0v) is 23.3. The Kier molecular flexibility index (Phi) is 28.0. The molecule has 38 heavy (non-hydrogen) atoms. The molecule has 0 radical (unpaired) electrons. The van der Waals surface area contributed by atoms with Gasteiger partial charge in [0.2, 0.25) is 0 Å². The van der Waals surface area contributed by atoms with Gasteiger partial charge in [-0.3, -0.25) is 19.2 Å². The molecule has 222 valence electrons. The molecule has 0 saturated carbocycles. The molecule has 14 N–H and O–H groups in total. The minimum absolute atomic E-state index is 0.0208. The number of carboxylic acids is 4. The van der Waals surface area contributed by atoms with Crippen molar-refractivity contribution in [2.45, 2.75) is 72.5 Å². The predicted octanol–water partition coefficient (Wildman–Crippen LogP) is 1.24. The van der Waals surface area contributed by atoms with Crippen LogP contribution in [0.2, 0.25) is 0 Å². The average molecular weight is 548 g/mol. The van der Waals surface area contributed by atoms with Gasteiger partial charge in [-0.25, -0.2) is 0 Å². The smallest absolute Gasteiger partial charge is 0.320 e. The highest BCUT2D eigenvalue weighted by Crippen LogP contribution is 2.04. The summed E-state index contributed by atoms with van der Waals surface area (Å²) >= 11 is 0. The van der Waals surface area contributed by atoms with Crippen LogP contribution >= 0.6 is 0 Å². The van der Waals surface area contributed by atoms with Gasteiger partial charge in [-0.2, -0.15) is 0 Å². The Bertz CT molecular complexity index is 763. The quantitative estimate of drug-likeness (QED) is 0.197. The van der Waals surface area contributed by atoms with Gasteiger partial charge >= 0.3 is 23.9 Å². The fourth-order valence-corrected chi connectivity index (χ4v) is 1.84.